The van der Waals surface area contributed by atoms with Crippen molar-refractivity contribution in [2.75, 3.05) is 0 Å². The topological polar surface area (TPSA) is 44.1 Å². The smallest absolute Gasteiger partial charge is 0.312 e. The first kappa shape index (κ1) is 17.9. The summed E-state index contributed by atoms with van der Waals surface area (Å²) in [6.45, 7) is 4.15. The number of aromatic nitrogens is 2. The van der Waals surface area contributed by atoms with Crippen LogP contribution in [0.5, 0.6) is 5.88 Å². The van der Waals surface area contributed by atoms with Gasteiger partial charge >= 0.3 is 5.97 Å². The molecule has 0 bridgehead atoms. The van der Waals surface area contributed by atoms with Crippen molar-refractivity contribution in [2.24, 2.45) is 0 Å². The molecule has 0 aliphatic carbocycles. The summed E-state index contributed by atoms with van der Waals surface area (Å²) in [5.74, 6) is 0.237. The number of benzene rings is 2. The molecule has 0 unspecified atom stereocenters. The normalized spacial score (nSPS) is 10.7. The van der Waals surface area contributed by atoms with Gasteiger partial charge in [0.25, 0.3) is 0 Å². The van der Waals surface area contributed by atoms with Crippen molar-refractivity contribution in [3.8, 4) is 22.8 Å². The van der Waals surface area contributed by atoms with Gasteiger partial charge in [-0.1, -0.05) is 67.8 Å². The Morgan fingerprint density at radius 1 is 1.04 bits per heavy atom. The van der Waals surface area contributed by atoms with Gasteiger partial charge in [0.05, 0.1) is 11.4 Å². The Balaban J connectivity index is 1.91. The van der Waals surface area contributed by atoms with Crippen molar-refractivity contribution in [1.82, 2.24) is 9.78 Å². The van der Waals surface area contributed by atoms with Crippen LogP contribution in [0.3, 0.4) is 0 Å². The maximum atomic E-state index is 12.2. The van der Waals surface area contributed by atoms with E-state index in [0.29, 0.717) is 12.3 Å². The molecular formula is C22H24N2O2. The van der Waals surface area contributed by atoms with Gasteiger partial charge in [0.1, 0.15) is 0 Å². The molecule has 26 heavy (non-hydrogen) atoms. The van der Waals surface area contributed by atoms with Crippen LogP contribution in [0.1, 0.15) is 38.2 Å². The van der Waals surface area contributed by atoms with E-state index in [0.717, 1.165) is 36.2 Å². The van der Waals surface area contributed by atoms with E-state index in [-0.39, 0.29) is 5.97 Å². The summed E-state index contributed by atoms with van der Waals surface area (Å²) >= 11 is 0. The summed E-state index contributed by atoms with van der Waals surface area (Å²) < 4.78 is 7.33. The Kier molecular flexibility index (Phi) is 5.84. The van der Waals surface area contributed by atoms with Gasteiger partial charge < -0.3 is 4.74 Å². The van der Waals surface area contributed by atoms with Gasteiger partial charge in [-0.25, -0.2) is 4.68 Å². The maximum absolute atomic E-state index is 12.2. The summed E-state index contributed by atoms with van der Waals surface area (Å²) in [7, 11) is 0. The zero-order valence-electron chi connectivity index (χ0n) is 15.3. The van der Waals surface area contributed by atoms with Crippen molar-refractivity contribution in [1.29, 1.82) is 0 Å². The van der Waals surface area contributed by atoms with Crippen LogP contribution in [-0.4, -0.2) is 15.7 Å². The third-order valence-electron chi connectivity index (χ3n) is 4.23. The highest BCUT2D eigenvalue weighted by Crippen LogP contribution is 2.26. The van der Waals surface area contributed by atoms with Gasteiger partial charge in [-0.15, -0.1) is 0 Å². The van der Waals surface area contributed by atoms with Crippen molar-refractivity contribution in [3.63, 3.8) is 0 Å². The molecule has 0 atom stereocenters. The average Bonchev–Trinajstić information content (AvgIpc) is 3.07. The highest BCUT2D eigenvalue weighted by Gasteiger charge is 2.15. The number of hydrogen-bond acceptors (Lipinski definition) is 3. The Bertz CT molecular complexity index is 852. The van der Waals surface area contributed by atoms with Crippen LogP contribution in [0, 0.1) is 6.92 Å². The first-order valence-corrected chi connectivity index (χ1v) is 9.10. The van der Waals surface area contributed by atoms with Crippen LogP contribution < -0.4 is 4.74 Å². The van der Waals surface area contributed by atoms with Crippen LogP contribution in [0.4, 0.5) is 0 Å². The molecule has 0 N–H and O–H groups in total. The molecule has 0 fully saturated rings. The van der Waals surface area contributed by atoms with E-state index in [1.165, 1.54) is 5.56 Å². The number of unbranched alkanes of at least 4 members (excludes halogenated alkanes) is 2. The van der Waals surface area contributed by atoms with E-state index in [2.05, 4.69) is 12.0 Å². The number of rotatable bonds is 7. The van der Waals surface area contributed by atoms with Crippen LogP contribution in [-0.2, 0) is 4.79 Å². The second-order valence-corrected chi connectivity index (χ2v) is 6.41. The van der Waals surface area contributed by atoms with Gasteiger partial charge in [-0.2, -0.15) is 5.10 Å². The third-order valence-corrected chi connectivity index (χ3v) is 4.23. The molecule has 1 aromatic heterocycles. The minimum Gasteiger partial charge on any atom is -0.407 e. The summed E-state index contributed by atoms with van der Waals surface area (Å²) in [5.41, 5.74) is 3.81. The Hall–Kier alpha value is -2.88. The maximum Gasteiger partial charge on any atom is 0.312 e. The summed E-state index contributed by atoms with van der Waals surface area (Å²) in [6, 6.07) is 19.7. The first-order valence-electron chi connectivity index (χ1n) is 9.10. The number of nitrogens with zero attached hydrogens (tertiary/aromatic N) is 2. The number of carbonyl (C=O) groups excluding carboxylic acids is 1. The molecule has 1 heterocycles. The molecule has 4 nitrogen and oxygen atoms in total. The minimum absolute atomic E-state index is 0.216. The van der Waals surface area contributed by atoms with Crippen LogP contribution in [0.25, 0.3) is 16.9 Å². The van der Waals surface area contributed by atoms with E-state index in [4.69, 9.17) is 4.74 Å². The van der Waals surface area contributed by atoms with E-state index in [1.54, 1.807) is 4.68 Å². The summed E-state index contributed by atoms with van der Waals surface area (Å²) in [6.07, 6.45) is 3.38. The zero-order chi connectivity index (χ0) is 18.4. The molecule has 0 saturated heterocycles. The lowest BCUT2D eigenvalue weighted by Crippen LogP contribution is -2.11. The molecule has 3 aromatic rings. The summed E-state index contributed by atoms with van der Waals surface area (Å²) in [4.78, 5) is 12.2. The molecule has 0 spiro atoms. The lowest BCUT2D eigenvalue weighted by Gasteiger charge is -2.08. The lowest BCUT2D eigenvalue weighted by molar-refractivity contribution is -0.134. The standard InChI is InChI=1S/C22H24N2O2/c1-3-4-6-11-22(25)26-21-16-20(18-9-7-5-8-10-18)23-24(21)19-14-12-17(2)13-15-19/h5,7-10,12-16H,3-4,6,11H2,1-2H3. The molecule has 0 aliphatic heterocycles. The fourth-order valence-corrected chi connectivity index (χ4v) is 2.74. The number of aryl methyl sites for hydroxylation is 1. The highest BCUT2D eigenvalue weighted by atomic mass is 16.5. The molecule has 4 heteroatoms. The molecule has 0 aliphatic rings. The van der Waals surface area contributed by atoms with E-state index in [9.17, 15) is 4.79 Å². The largest absolute Gasteiger partial charge is 0.407 e. The second-order valence-electron chi connectivity index (χ2n) is 6.41. The first-order chi connectivity index (χ1) is 12.7. The molecule has 0 amide bonds. The molecule has 3 rings (SSSR count). The molecule has 0 radical (unpaired) electrons. The number of carbonyl (C=O) groups is 1. The second kappa shape index (κ2) is 8.48. The molecule has 0 saturated carbocycles. The number of ether oxygens (including phenoxy) is 1. The fraction of sp³-hybridized carbons (Fsp3) is 0.273. The van der Waals surface area contributed by atoms with Gasteiger partial charge in [0.15, 0.2) is 0 Å². The molecular weight excluding hydrogens is 324 g/mol. The van der Waals surface area contributed by atoms with Crippen LogP contribution >= 0.6 is 0 Å². The van der Waals surface area contributed by atoms with Crippen molar-refractivity contribution in [3.05, 3.63) is 66.2 Å². The minimum atomic E-state index is -0.216. The fourth-order valence-electron chi connectivity index (χ4n) is 2.74. The SMILES string of the molecule is CCCCCC(=O)Oc1cc(-c2ccccc2)nn1-c1ccc(C)cc1. The Morgan fingerprint density at radius 3 is 2.46 bits per heavy atom. The van der Waals surface area contributed by atoms with Gasteiger partial charge in [-0.05, 0) is 25.5 Å². The Morgan fingerprint density at radius 2 is 1.77 bits per heavy atom. The van der Waals surface area contributed by atoms with Crippen molar-refractivity contribution < 1.29 is 9.53 Å². The highest BCUT2D eigenvalue weighted by molar-refractivity contribution is 5.73. The molecule has 134 valence electrons. The van der Waals surface area contributed by atoms with Crippen LogP contribution in [0.2, 0.25) is 0 Å². The van der Waals surface area contributed by atoms with Crippen LogP contribution in [0.15, 0.2) is 60.7 Å². The quantitative estimate of drug-likeness (QED) is 0.428. The van der Waals surface area contributed by atoms with E-state index >= 15 is 0 Å². The third kappa shape index (κ3) is 4.39. The van der Waals surface area contributed by atoms with E-state index < -0.39 is 0 Å². The number of esters is 1. The van der Waals surface area contributed by atoms with Crippen molar-refractivity contribution in [2.45, 2.75) is 39.5 Å². The van der Waals surface area contributed by atoms with Gasteiger partial charge in [0.2, 0.25) is 5.88 Å². The summed E-state index contributed by atoms with van der Waals surface area (Å²) in [5, 5.41) is 4.67. The molecule has 2 aromatic carbocycles. The predicted molar refractivity (Wildman–Crippen MR) is 104 cm³/mol. The van der Waals surface area contributed by atoms with Crippen molar-refractivity contribution >= 4 is 5.97 Å². The monoisotopic (exact) mass is 348 g/mol. The predicted octanol–water partition coefficient (Wildman–Crippen LogP) is 5.33. The average molecular weight is 348 g/mol. The van der Waals surface area contributed by atoms with Gasteiger partial charge in [-0.3, -0.25) is 4.79 Å². The van der Waals surface area contributed by atoms with Gasteiger partial charge in [0, 0.05) is 18.1 Å². The number of hydrogen-bond donors (Lipinski definition) is 0. The van der Waals surface area contributed by atoms with E-state index in [1.807, 2.05) is 67.6 Å². The lowest BCUT2D eigenvalue weighted by atomic mass is 10.2. The Labute approximate surface area is 154 Å². The zero-order valence-corrected chi connectivity index (χ0v) is 15.3.